The molecule has 0 atom stereocenters. The summed E-state index contributed by atoms with van der Waals surface area (Å²) in [6, 6.07) is 3.96. The van der Waals surface area contributed by atoms with Gasteiger partial charge in [0.2, 0.25) is 0 Å². The second-order valence-corrected chi connectivity index (χ2v) is 6.65. The molecule has 1 aliphatic carbocycles. The highest BCUT2D eigenvalue weighted by molar-refractivity contribution is 7.99. The van der Waals surface area contributed by atoms with E-state index in [0.29, 0.717) is 17.4 Å². The van der Waals surface area contributed by atoms with Gasteiger partial charge in [0.25, 0.3) is 5.91 Å². The Morgan fingerprint density at radius 1 is 1.38 bits per heavy atom. The highest BCUT2D eigenvalue weighted by atomic mass is 32.2. The zero-order valence-corrected chi connectivity index (χ0v) is 13.7. The maximum atomic E-state index is 12.5. The number of amides is 1. The molecule has 2 N–H and O–H groups in total. The van der Waals surface area contributed by atoms with Crippen molar-refractivity contribution in [2.24, 2.45) is 0 Å². The van der Waals surface area contributed by atoms with Gasteiger partial charge in [-0.15, -0.1) is 0 Å². The first-order valence-electron chi connectivity index (χ1n) is 7.77. The van der Waals surface area contributed by atoms with E-state index < -0.39 is 0 Å². The van der Waals surface area contributed by atoms with Crippen LogP contribution in [0.2, 0.25) is 0 Å². The summed E-state index contributed by atoms with van der Waals surface area (Å²) in [5, 5.41) is 7.15. The quantitative estimate of drug-likeness (QED) is 0.846. The maximum Gasteiger partial charge on any atom is 0.255 e. The number of anilines is 1. The van der Waals surface area contributed by atoms with Gasteiger partial charge < -0.3 is 10.6 Å². The highest BCUT2D eigenvalue weighted by Gasteiger charge is 2.23. The van der Waals surface area contributed by atoms with Gasteiger partial charge in [-0.05, 0) is 50.5 Å². The monoisotopic (exact) mass is 307 g/mol. The zero-order chi connectivity index (χ0) is 15.1. The number of nitrogens with zero attached hydrogens (tertiary/aromatic N) is 1. The molecule has 21 heavy (non-hydrogen) atoms. The Balaban J connectivity index is 1.94. The molecular weight excluding hydrogens is 282 g/mol. The van der Waals surface area contributed by atoms with Crippen molar-refractivity contribution in [2.45, 2.75) is 50.3 Å². The topological polar surface area (TPSA) is 54.0 Å². The van der Waals surface area contributed by atoms with Crippen LogP contribution in [-0.4, -0.2) is 35.0 Å². The molecule has 0 spiro atoms. The average molecular weight is 307 g/mol. The number of aromatic nitrogens is 1. The molecule has 0 unspecified atom stereocenters. The Morgan fingerprint density at radius 2 is 2.14 bits per heavy atom. The molecule has 0 saturated heterocycles. The van der Waals surface area contributed by atoms with E-state index in [1.165, 1.54) is 12.8 Å². The molecular formula is C16H25N3OS. The van der Waals surface area contributed by atoms with Crippen molar-refractivity contribution >= 4 is 23.5 Å². The Hall–Kier alpha value is -1.23. The third-order valence-electron chi connectivity index (χ3n) is 3.94. The van der Waals surface area contributed by atoms with Crippen LogP contribution < -0.4 is 10.6 Å². The Kier molecular flexibility index (Phi) is 6.36. The van der Waals surface area contributed by atoms with Crippen LogP contribution in [0.5, 0.6) is 0 Å². The first-order valence-corrected chi connectivity index (χ1v) is 9.06. The number of hydrogen-bond donors (Lipinski definition) is 2. The van der Waals surface area contributed by atoms with Gasteiger partial charge in [0.15, 0.2) is 0 Å². The lowest BCUT2D eigenvalue weighted by Crippen LogP contribution is -2.38. The van der Waals surface area contributed by atoms with Gasteiger partial charge in [-0.25, -0.2) is 4.98 Å². The van der Waals surface area contributed by atoms with Crippen LogP contribution in [0.15, 0.2) is 18.3 Å². The number of hydrogen-bond acceptors (Lipinski definition) is 4. The van der Waals surface area contributed by atoms with Crippen LogP contribution in [-0.2, 0) is 0 Å². The summed E-state index contributed by atoms with van der Waals surface area (Å²) >= 11 is 1.94. The van der Waals surface area contributed by atoms with E-state index >= 15 is 0 Å². The van der Waals surface area contributed by atoms with E-state index in [-0.39, 0.29) is 5.91 Å². The number of carbonyl (C=O) groups excluding carboxylic acids is 1. The van der Waals surface area contributed by atoms with Crippen LogP contribution in [0, 0.1) is 0 Å². The van der Waals surface area contributed by atoms with Gasteiger partial charge in [0.05, 0.1) is 5.56 Å². The Bertz CT molecular complexity index is 459. The van der Waals surface area contributed by atoms with Gasteiger partial charge in [-0.2, -0.15) is 11.8 Å². The van der Waals surface area contributed by atoms with Crippen molar-refractivity contribution in [3.8, 4) is 0 Å². The van der Waals surface area contributed by atoms with Crippen molar-refractivity contribution < 1.29 is 4.79 Å². The van der Waals surface area contributed by atoms with E-state index in [1.807, 2.05) is 23.9 Å². The minimum Gasteiger partial charge on any atom is -0.369 e. The number of nitrogens with one attached hydrogen (secondary N) is 2. The molecule has 1 aliphatic rings. The lowest BCUT2D eigenvalue weighted by molar-refractivity contribution is 0.0928. The predicted molar refractivity (Wildman–Crippen MR) is 90.0 cm³/mol. The van der Waals surface area contributed by atoms with E-state index in [1.54, 1.807) is 6.20 Å². The molecule has 116 valence electrons. The SMILES string of the molecule is CCCNc1ncccc1C(=O)NC1CCC(SC)CC1. The van der Waals surface area contributed by atoms with Crippen LogP contribution in [0.25, 0.3) is 0 Å². The summed E-state index contributed by atoms with van der Waals surface area (Å²) < 4.78 is 0. The standard InChI is InChI=1S/C16H25N3OS/c1-3-10-17-15-14(5-4-11-18-15)16(20)19-12-6-8-13(21-2)9-7-12/h4-5,11-13H,3,6-10H2,1-2H3,(H,17,18)(H,19,20). The minimum atomic E-state index is -0.00527. The fraction of sp³-hybridized carbons (Fsp3) is 0.625. The lowest BCUT2D eigenvalue weighted by Gasteiger charge is -2.28. The summed E-state index contributed by atoms with van der Waals surface area (Å²) in [6.45, 7) is 2.93. The van der Waals surface area contributed by atoms with Gasteiger partial charge >= 0.3 is 0 Å². The molecule has 2 rings (SSSR count). The summed E-state index contributed by atoms with van der Waals surface area (Å²) in [5.41, 5.74) is 0.651. The molecule has 1 saturated carbocycles. The van der Waals surface area contributed by atoms with E-state index in [9.17, 15) is 4.79 Å². The van der Waals surface area contributed by atoms with Crippen molar-refractivity contribution in [1.29, 1.82) is 0 Å². The van der Waals surface area contributed by atoms with Gasteiger partial charge in [-0.1, -0.05) is 6.92 Å². The molecule has 1 aromatic heterocycles. The number of pyridine rings is 1. The van der Waals surface area contributed by atoms with Crippen LogP contribution in [0.3, 0.4) is 0 Å². The third kappa shape index (κ3) is 4.63. The molecule has 1 fully saturated rings. The van der Waals surface area contributed by atoms with Crippen LogP contribution in [0.4, 0.5) is 5.82 Å². The smallest absolute Gasteiger partial charge is 0.255 e. The van der Waals surface area contributed by atoms with Crippen molar-refractivity contribution in [3.05, 3.63) is 23.9 Å². The lowest BCUT2D eigenvalue weighted by atomic mass is 9.94. The molecule has 0 radical (unpaired) electrons. The fourth-order valence-corrected chi connectivity index (χ4v) is 3.42. The number of thioether (sulfide) groups is 1. The van der Waals surface area contributed by atoms with Gasteiger partial charge in [0, 0.05) is 24.0 Å². The summed E-state index contributed by atoms with van der Waals surface area (Å²) in [5.74, 6) is 0.684. The first kappa shape index (κ1) is 16.1. The molecule has 5 heteroatoms. The van der Waals surface area contributed by atoms with E-state index in [0.717, 1.165) is 31.1 Å². The maximum absolute atomic E-state index is 12.5. The van der Waals surface area contributed by atoms with Crippen LogP contribution in [0.1, 0.15) is 49.4 Å². The van der Waals surface area contributed by atoms with Crippen LogP contribution >= 0.6 is 11.8 Å². The fourth-order valence-electron chi connectivity index (χ4n) is 2.68. The first-order chi connectivity index (χ1) is 10.2. The van der Waals surface area contributed by atoms with Gasteiger partial charge in [0.1, 0.15) is 5.82 Å². The molecule has 4 nitrogen and oxygen atoms in total. The largest absolute Gasteiger partial charge is 0.369 e. The predicted octanol–water partition coefficient (Wildman–Crippen LogP) is 3.31. The van der Waals surface area contributed by atoms with Crippen molar-refractivity contribution in [2.75, 3.05) is 18.1 Å². The zero-order valence-electron chi connectivity index (χ0n) is 12.9. The number of rotatable bonds is 6. The molecule has 0 aliphatic heterocycles. The second-order valence-electron chi connectivity index (χ2n) is 5.51. The van der Waals surface area contributed by atoms with Crippen molar-refractivity contribution in [3.63, 3.8) is 0 Å². The molecule has 1 amide bonds. The highest BCUT2D eigenvalue weighted by Crippen LogP contribution is 2.27. The number of carbonyl (C=O) groups is 1. The van der Waals surface area contributed by atoms with Gasteiger partial charge in [-0.3, -0.25) is 4.79 Å². The normalized spacial score (nSPS) is 21.8. The Labute approximate surface area is 131 Å². The summed E-state index contributed by atoms with van der Waals surface area (Å²) in [7, 11) is 0. The van der Waals surface area contributed by atoms with Crippen molar-refractivity contribution in [1.82, 2.24) is 10.3 Å². The minimum absolute atomic E-state index is 0.00527. The molecule has 0 aromatic carbocycles. The third-order valence-corrected chi connectivity index (χ3v) is 5.08. The Morgan fingerprint density at radius 3 is 2.81 bits per heavy atom. The summed E-state index contributed by atoms with van der Waals surface area (Å²) in [6.07, 6.45) is 9.45. The van der Waals surface area contributed by atoms with E-state index in [4.69, 9.17) is 0 Å². The second kappa shape index (κ2) is 8.27. The van der Waals surface area contributed by atoms with E-state index in [2.05, 4.69) is 28.8 Å². The molecule has 1 heterocycles. The molecule has 1 aromatic rings. The summed E-state index contributed by atoms with van der Waals surface area (Å²) in [4.78, 5) is 16.7. The average Bonchev–Trinajstić information content (AvgIpc) is 2.54. The molecule has 0 bridgehead atoms.